The lowest BCUT2D eigenvalue weighted by molar-refractivity contribution is -0.696. The third-order valence-corrected chi connectivity index (χ3v) is 8.87. The molecule has 0 aliphatic rings. The summed E-state index contributed by atoms with van der Waals surface area (Å²) in [6.07, 6.45) is 7.78. The molecule has 9 nitrogen and oxygen atoms in total. The Hall–Kier alpha value is -3.23. The lowest BCUT2D eigenvalue weighted by Gasteiger charge is -2.39. The summed E-state index contributed by atoms with van der Waals surface area (Å²) in [5.41, 5.74) is -1.72. The number of nitriles is 1. The lowest BCUT2D eigenvalue weighted by Crippen LogP contribution is -2.45. The van der Waals surface area contributed by atoms with Gasteiger partial charge in [0.15, 0.2) is 0 Å². The highest BCUT2D eigenvalue weighted by Gasteiger charge is 2.50. The number of aromatic nitrogens is 2. The van der Waals surface area contributed by atoms with Gasteiger partial charge >= 0.3 is 17.9 Å². The number of carboxylic acids is 1. The van der Waals surface area contributed by atoms with Crippen LogP contribution in [0.15, 0.2) is 49.1 Å². The second-order valence-electron chi connectivity index (χ2n) is 11.3. The number of aliphatic carboxylic acids is 1. The summed E-state index contributed by atoms with van der Waals surface area (Å²) in [4.78, 5) is 38.3. The van der Waals surface area contributed by atoms with Gasteiger partial charge in [-0.2, -0.15) is 5.26 Å². The Bertz CT molecular complexity index is 1280. The molecule has 0 fully saturated rings. The second-order valence-corrected chi connectivity index (χ2v) is 13.5. The molecular weight excluding hydrogens is 574 g/mol. The predicted molar refractivity (Wildman–Crippen MR) is 165 cm³/mol. The van der Waals surface area contributed by atoms with E-state index in [1.54, 1.807) is 20.8 Å². The molecular formula is C31H42N3O6S2+. The maximum atomic E-state index is 13.8. The Morgan fingerprint density at radius 1 is 1.14 bits per heavy atom. The first-order valence-electron chi connectivity index (χ1n) is 14.0. The lowest BCUT2D eigenvalue weighted by atomic mass is 9.68. The van der Waals surface area contributed by atoms with Gasteiger partial charge in [-0.25, -0.2) is 9.13 Å². The zero-order chi connectivity index (χ0) is 31.4. The van der Waals surface area contributed by atoms with Crippen molar-refractivity contribution in [3.05, 3.63) is 54.6 Å². The van der Waals surface area contributed by atoms with Crippen molar-refractivity contribution < 1.29 is 33.5 Å². The molecule has 11 heteroatoms. The number of nitrogens with zero attached hydrogens (tertiary/aromatic N) is 3. The number of unbranched alkanes of at least 4 members (excludes halogenated alkanes) is 1. The standard InChI is InChI=1S/C31H41N3O6S2/c1-6-7-15-33-16-17-34(23-33)18-19-40-28(38)31(4,42-26(41)24-11-9-8-10-12-24)21-30(3,27(37)39-5)20-29(2,22-32)14-13-25(35)36/h8-12,16-17,23H,6-7,13-15,18-21H2,1-5H3/p+1. The molecule has 0 amide bonds. The smallest absolute Gasteiger partial charge is 0.322 e. The summed E-state index contributed by atoms with van der Waals surface area (Å²) in [6.45, 7) is 8.56. The number of imidazole rings is 1. The summed E-state index contributed by atoms with van der Waals surface area (Å²) < 4.78 is 14.1. The summed E-state index contributed by atoms with van der Waals surface area (Å²) in [7, 11) is 1.25. The summed E-state index contributed by atoms with van der Waals surface area (Å²) >= 11 is 6.85. The Labute approximate surface area is 258 Å². The molecule has 3 unspecified atom stereocenters. The number of carbonyl (C=O) groups is 3. The number of rotatable bonds is 17. The van der Waals surface area contributed by atoms with Crippen molar-refractivity contribution >= 4 is 46.1 Å². The van der Waals surface area contributed by atoms with Crippen LogP contribution < -0.4 is 4.57 Å². The minimum atomic E-state index is -1.32. The SMILES string of the molecule is CCCC[n+]1ccn(CCOC(=O)C(C)(CC(C)(CC(C)(C#N)CCC(=O)O)C(=O)OC)SC(=S)c2ccccc2)c1. The van der Waals surface area contributed by atoms with E-state index in [1.807, 2.05) is 53.6 Å². The van der Waals surface area contributed by atoms with E-state index < -0.39 is 33.5 Å². The molecule has 2 aromatic rings. The molecule has 1 aromatic heterocycles. The van der Waals surface area contributed by atoms with Crippen LogP contribution in [-0.2, 0) is 36.9 Å². The third kappa shape index (κ3) is 10.2. The van der Waals surface area contributed by atoms with Gasteiger partial charge in [0, 0.05) is 6.42 Å². The van der Waals surface area contributed by atoms with E-state index in [0.29, 0.717) is 10.7 Å². The van der Waals surface area contributed by atoms with Gasteiger partial charge in [-0.05, 0) is 52.0 Å². The molecule has 0 radical (unpaired) electrons. The number of thiocarbonyl (C=S) groups is 1. The topological polar surface area (TPSA) is 123 Å². The zero-order valence-electron chi connectivity index (χ0n) is 25.1. The third-order valence-electron chi connectivity index (χ3n) is 7.20. The molecule has 0 saturated carbocycles. The molecule has 0 saturated heterocycles. The van der Waals surface area contributed by atoms with Gasteiger partial charge in [0.2, 0.25) is 6.33 Å². The van der Waals surface area contributed by atoms with Gasteiger partial charge in [-0.15, -0.1) is 0 Å². The van der Waals surface area contributed by atoms with Gasteiger partial charge in [0.1, 0.15) is 30.3 Å². The van der Waals surface area contributed by atoms with Crippen LogP contribution in [0.4, 0.5) is 0 Å². The van der Waals surface area contributed by atoms with E-state index in [-0.39, 0.29) is 32.3 Å². The van der Waals surface area contributed by atoms with E-state index in [2.05, 4.69) is 17.6 Å². The molecule has 0 spiro atoms. The summed E-state index contributed by atoms with van der Waals surface area (Å²) in [6, 6.07) is 11.4. The molecule has 1 N–H and O–H groups in total. The molecule has 3 atom stereocenters. The number of ether oxygens (including phenoxy) is 2. The summed E-state index contributed by atoms with van der Waals surface area (Å²) in [5.74, 6) is -2.18. The molecule has 0 bridgehead atoms. The van der Waals surface area contributed by atoms with Crippen LogP contribution in [0.3, 0.4) is 0 Å². The number of aryl methyl sites for hydroxylation is 1. The molecule has 1 aromatic carbocycles. The number of esters is 2. The normalized spacial score (nSPS) is 15.3. The number of carbonyl (C=O) groups excluding carboxylic acids is 2. The molecule has 228 valence electrons. The fourth-order valence-corrected chi connectivity index (χ4v) is 6.94. The molecule has 0 aliphatic carbocycles. The van der Waals surface area contributed by atoms with Crippen LogP contribution in [0.5, 0.6) is 0 Å². The average molecular weight is 617 g/mol. The van der Waals surface area contributed by atoms with Crippen molar-refractivity contribution in [3.8, 4) is 6.07 Å². The monoisotopic (exact) mass is 616 g/mol. The summed E-state index contributed by atoms with van der Waals surface area (Å²) in [5, 5.41) is 19.2. The van der Waals surface area contributed by atoms with Gasteiger partial charge in [0.05, 0.1) is 34.8 Å². The van der Waals surface area contributed by atoms with Crippen molar-refractivity contribution in [2.45, 2.75) is 84.1 Å². The van der Waals surface area contributed by atoms with Crippen LogP contribution in [0.2, 0.25) is 0 Å². The number of methoxy groups -OCH3 is 1. The van der Waals surface area contributed by atoms with Crippen LogP contribution >= 0.6 is 24.0 Å². The van der Waals surface area contributed by atoms with Crippen LogP contribution in [0.25, 0.3) is 0 Å². The number of hydrogen-bond donors (Lipinski definition) is 1. The maximum Gasteiger partial charge on any atom is 0.322 e. The Morgan fingerprint density at radius 3 is 2.43 bits per heavy atom. The highest BCUT2D eigenvalue weighted by Crippen LogP contribution is 2.47. The van der Waals surface area contributed by atoms with E-state index in [9.17, 15) is 24.8 Å². The fraction of sp³-hybridized carbons (Fsp3) is 0.548. The Balaban J connectivity index is 2.34. The quantitative estimate of drug-likeness (QED) is 0.143. The van der Waals surface area contributed by atoms with Crippen molar-refractivity contribution in [2.24, 2.45) is 10.8 Å². The molecule has 1 heterocycles. The van der Waals surface area contributed by atoms with Gasteiger partial charge < -0.3 is 14.6 Å². The first-order chi connectivity index (χ1) is 19.8. The van der Waals surface area contributed by atoms with Gasteiger partial charge in [-0.3, -0.25) is 14.4 Å². The van der Waals surface area contributed by atoms with E-state index in [0.717, 1.165) is 36.7 Å². The maximum absolute atomic E-state index is 13.8. The minimum absolute atomic E-state index is 0.0148. The van der Waals surface area contributed by atoms with Crippen molar-refractivity contribution in [1.82, 2.24) is 4.57 Å². The van der Waals surface area contributed by atoms with Crippen molar-refractivity contribution in [1.29, 1.82) is 5.26 Å². The first-order valence-corrected chi connectivity index (χ1v) is 15.2. The average Bonchev–Trinajstić information content (AvgIpc) is 3.42. The zero-order valence-corrected chi connectivity index (χ0v) is 26.8. The first kappa shape index (κ1) is 35.0. The number of carboxylic acid groups (broad SMARTS) is 1. The van der Waals surface area contributed by atoms with Crippen LogP contribution in [-0.4, -0.2) is 50.2 Å². The van der Waals surface area contributed by atoms with Crippen LogP contribution in [0, 0.1) is 22.2 Å². The van der Waals surface area contributed by atoms with Crippen LogP contribution in [0.1, 0.15) is 71.8 Å². The number of hydrogen-bond acceptors (Lipinski definition) is 8. The minimum Gasteiger partial charge on any atom is -0.481 e. The second kappa shape index (κ2) is 15.8. The molecule has 42 heavy (non-hydrogen) atoms. The molecule has 2 rings (SSSR count). The van der Waals surface area contributed by atoms with E-state index in [4.69, 9.17) is 21.7 Å². The molecule has 0 aliphatic heterocycles. The van der Waals surface area contributed by atoms with E-state index in [1.165, 1.54) is 7.11 Å². The van der Waals surface area contributed by atoms with Crippen molar-refractivity contribution in [2.75, 3.05) is 13.7 Å². The number of thioether (sulfide) groups is 1. The number of benzene rings is 1. The fourth-order valence-electron chi connectivity index (χ4n) is 5.05. The Kier molecular flexibility index (Phi) is 13.2. The largest absolute Gasteiger partial charge is 0.481 e. The highest BCUT2D eigenvalue weighted by molar-refractivity contribution is 8.25. The predicted octanol–water partition coefficient (Wildman–Crippen LogP) is 5.34. The Morgan fingerprint density at radius 2 is 1.83 bits per heavy atom. The van der Waals surface area contributed by atoms with Gasteiger partial charge in [-0.1, -0.05) is 67.7 Å². The van der Waals surface area contributed by atoms with E-state index >= 15 is 0 Å². The highest BCUT2D eigenvalue weighted by atomic mass is 32.2. The van der Waals surface area contributed by atoms with Crippen molar-refractivity contribution in [3.63, 3.8) is 0 Å². The van der Waals surface area contributed by atoms with Gasteiger partial charge in [0.25, 0.3) is 0 Å².